The number of hydrogen-bond acceptors (Lipinski definition) is 1. The van der Waals surface area contributed by atoms with Gasteiger partial charge in [0, 0.05) is 32.1 Å². The minimum Gasteiger partial charge on any atom is -0.301 e. The quantitative estimate of drug-likeness (QED) is 0.296. The Morgan fingerprint density at radius 2 is 1.89 bits per heavy atom. The van der Waals surface area contributed by atoms with E-state index in [9.17, 15) is 0 Å². The van der Waals surface area contributed by atoms with Crippen LogP contribution in [0.4, 0.5) is 0 Å². The molecule has 106 valence electrons. The number of hydrogen-bond donors (Lipinski definition) is 1. The van der Waals surface area contributed by atoms with Crippen LogP contribution >= 0.6 is 45.2 Å². The fourth-order valence-corrected chi connectivity index (χ4v) is 3.29. The molecule has 0 fully saturated rings. The summed E-state index contributed by atoms with van der Waals surface area (Å²) in [4.78, 5) is 0. The Bertz CT molecular complexity index is 280. The fourth-order valence-electron chi connectivity index (χ4n) is 2.55. The molecule has 0 aromatic carbocycles. The Kier molecular flexibility index (Phi) is 10.4. The molecular weight excluding hydrogens is 448 g/mol. The van der Waals surface area contributed by atoms with Crippen molar-refractivity contribution in [1.29, 1.82) is 0 Å². The lowest BCUT2D eigenvalue weighted by molar-refractivity contribution is 0.154. The van der Waals surface area contributed by atoms with Gasteiger partial charge in [-0.3, -0.25) is 0 Å². The van der Waals surface area contributed by atoms with Gasteiger partial charge in [-0.05, 0) is 35.5 Å². The summed E-state index contributed by atoms with van der Waals surface area (Å²) in [6.45, 7) is 12.5. The highest BCUT2D eigenvalue weighted by molar-refractivity contribution is 14.1. The molecular formula is C15H27I2N. The van der Waals surface area contributed by atoms with Crippen molar-refractivity contribution in [2.75, 3.05) is 6.54 Å². The van der Waals surface area contributed by atoms with Gasteiger partial charge in [-0.2, -0.15) is 0 Å². The Morgan fingerprint density at radius 3 is 2.28 bits per heavy atom. The largest absolute Gasteiger partial charge is 0.301 e. The average Bonchev–Trinajstić information content (AvgIpc) is 2.35. The van der Waals surface area contributed by atoms with Gasteiger partial charge in [0.2, 0.25) is 0 Å². The third-order valence-electron chi connectivity index (χ3n) is 4.11. The van der Waals surface area contributed by atoms with Crippen LogP contribution < -0.4 is 5.32 Å². The minimum absolute atomic E-state index is 0.204. The molecule has 0 aliphatic heterocycles. The second-order valence-corrected chi connectivity index (χ2v) is 8.07. The van der Waals surface area contributed by atoms with Crippen LogP contribution in [-0.2, 0) is 0 Å². The van der Waals surface area contributed by atoms with E-state index in [4.69, 9.17) is 0 Å². The van der Waals surface area contributed by atoms with Crippen LogP contribution in [0.25, 0.3) is 0 Å². The lowest BCUT2D eigenvalue weighted by atomic mass is 9.72. The minimum atomic E-state index is 0.204. The van der Waals surface area contributed by atoms with E-state index < -0.39 is 0 Å². The van der Waals surface area contributed by atoms with Crippen LogP contribution in [0.5, 0.6) is 0 Å². The first-order valence-electron chi connectivity index (χ1n) is 6.88. The van der Waals surface area contributed by atoms with E-state index in [0.29, 0.717) is 0 Å². The smallest absolute Gasteiger partial charge is 0.0588 e. The summed E-state index contributed by atoms with van der Waals surface area (Å²) in [5.41, 5.74) is 0.204. The van der Waals surface area contributed by atoms with Crippen LogP contribution in [0.1, 0.15) is 53.9 Å². The Balaban J connectivity index is 4.89. The summed E-state index contributed by atoms with van der Waals surface area (Å²) in [5.74, 6) is 4.60. The van der Waals surface area contributed by atoms with Gasteiger partial charge in [0.05, 0.1) is 6.54 Å². The molecule has 0 spiro atoms. The first-order valence-corrected chi connectivity index (χ1v) is 9.21. The molecule has 0 bridgehead atoms. The molecule has 0 aliphatic carbocycles. The molecule has 0 saturated carbocycles. The van der Waals surface area contributed by atoms with Crippen LogP contribution in [0.2, 0.25) is 0 Å². The third kappa shape index (κ3) is 6.42. The molecule has 0 aromatic heterocycles. The van der Waals surface area contributed by atoms with Gasteiger partial charge in [0.15, 0.2) is 0 Å². The molecule has 0 rings (SSSR count). The SMILES string of the molecule is CCC(C)C(CC(C)I)C(C)(CC)NCC#CI. The van der Waals surface area contributed by atoms with Gasteiger partial charge in [0.25, 0.3) is 0 Å². The maximum Gasteiger partial charge on any atom is 0.0588 e. The van der Waals surface area contributed by atoms with Gasteiger partial charge in [-0.25, -0.2) is 0 Å². The predicted molar refractivity (Wildman–Crippen MR) is 99.5 cm³/mol. The van der Waals surface area contributed by atoms with E-state index in [1.54, 1.807) is 0 Å². The molecule has 3 heteroatoms. The average molecular weight is 475 g/mol. The summed E-state index contributed by atoms with van der Waals surface area (Å²) in [6.07, 6.45) is 3.70. The van der Waals surface area contributed by atoms with Crippen LogP contribution in [0.3, 0.4) is 0 Å². The van der Waals surface area contributed by atoms with E-state index in [2.05, 4.69) is 95.0 Å². The number of halogens is 2. The molecule has 0 saturated heterocycles. The first-order chi connectivity index (χ1) is 8.41. The second-order valence-electron chi connectivity index (χ2n) is 5.40. The molecule has 0 heterocycles. The molecule has 18 heavy (non-hydrogen) atoms. The van der Waals surface area contributed by atoms with E-state index in [1.165, 1.54) is 12.8 Å². The summed E-state index contributed by atoms with van der Waals surface area (Å²) in [7, 11) is 0. The van der Waals surface area contributed by atoms with E-state index >= 15 is 0 Å². The normalized spacial score (nSPS) is 19.3. The maximum atomic E-state index is 3.69. The van der Waals surface area contributed by atoms with Crippen molar-refractivity contribution in [3.63, 3.8) is 0 Å². The van der Waals surface area contributed by atoms with Gasteiger partial charge in [-0.1, -0.05) is 62.6 Å². The standard InChI is InChI=1S/C15H27I2N/c1-6-12(3)14(11-13(4)17)15(5,7-2)18-10-8-9-16/h12-14,18H,6-7,10-11H2,1-5H3. The highest BCUT2D eigenvalue weighted by atomic mass is 127. The lowest BCUT2D eigenvalue weighted by Crippen LogP contribution is -2.51. The summed E-state index contributed by atoms with van der Waals surface area (Å²) < 4.78 is 3.67. The maximum absolute atomic E-state index is 3.69. The highest BCUT2D eigenvalue weighted by Crippen LogP contribution is 2.35. The van der Waals surface area contributed by atoms with Crippen molar-refractivity contribution in [1.82, 2.24) is 5.32 Å². The molecule has 0 aliphatic rings. The molecule has 4 unspecified atom stereocenters. The van der Waals surface area contributed by atoms with Crippen LogP contribution in [0.15, 0.2) is 0 Å². The van der Waals surface area contributed by atoms with Crippen molar-refractivity contribution in [3.8, 4) is 9.85 Å². The van der Waals surface area contributed by atoms with Crippen LogP contribution in [-0.4, -0.2) is 16.0 Å². The Morgan fingerprint density at radius 1 is 1.28 bits per heavy atom. The van der Waals surface area contributed by atoms with Gasteiger partial charge in [-0.15, -0.1) is 0 Å². The molecule has 0 aromatic rings. The van der Waals surface area contributed by atoms with Gasteiger partial charge < -0.3 is 5.32 Å². The van der Waals surface area contributed by atoms with E-state index in [1.807, 2.05) is 0 Å². The van der Waals surface area contributed by atoms with Crippen molar-refractivity contribution in [3.05, 3.63) is 0 Å². The Labute approximate surface area is 141 Å². The number of rotatable bonds is 8. The summed E-state index contributed by atoms with van der Waals surface area (Å²) >= 11 is 4.66. The van der Waals surface area contributed by atoms with Crippen molar-refractivity contribution < 1.29 is 0 Å². The number of alkyl halides is 1. The van der Waals surface area contributed by atoms with E-state index in [-0.39, 0.29) is 5.54 Å². The van der Waals surface area contributed by atoms with Crippen LogP contribution in [0, 0.1) is 21.7 Å². The second kappa shape index (κ2) is 9.82. The molecule has 0 amide bonds. The zero-order valence-corrected chi connectivity index (χ0v) is 16.6. The van der Waals surface area contributed by atoms with E-state index in [0.717, 1.165) is 28.7 Å². The van der Waals surface area contributed by atoms with Gasteiger partial charge in [0.1, 0.15) is 0 Å². The number of nitrogens with one attached hydrogen (secondary N) is 1. The Hall–Kier alpha value is 0.980. The third-order valence-corrected chi connectivity index (χ3v) is 5.00. The monoisotopic (exact) mass is 475 g/mol. The molecule has 1 N–H and O–H groups in total. The first kappa shape index (κ1) is 19.0. The predicted octanol–water partition coefficient (Wildman–Crippen LogP) is 5.02. The van der Waals surface area contributed by atoms with Gasteiger partial charge >= 0.3 is 0 Å². The van der Waals surface area contributed by atoms with Crippen molar-refractivity contribution in [2.45, 2.75) is 63.3 Å². The van der Waals surface area contributed by atoms with Crippen molar-refractivity contribution >= 4 is 45.2 Å². The molecule has 0 radical (unpaired) electrons. The topological polar surface area (TPSA) is 12.0 Å². The fraction of sp³-hybridized carbons (Fsp3) is 0.867. The highest BCUT2D eigenvalue weighted by Gasteiger charge is 2.35. The molecule has 4 atom stereocenters. The molecule has 1 nitrogen and oxygen atoms in total. The summed E-state index contributed by atoms with van der Waals surface area (Å²) in [5, 5.41) is 3.69. The zero-order valence-electron chi connectivity index (χ0n) is 12.3. The lowest BCUT2D eigenvalue weighted by Gasteiger charge is -2.42. The summed E-state index contributed by atoms with van der Waals surface area (Å²) in [6, 6.07) is 0. The van der Waals surface area contributed by atoms with Crippen molar-refractivity contribution in [2.24, 2.45) is 11.8 Å². The zero-order chi connectivity index (χ0) is 14.2.